The van der Waals surface area contributed by atoms with Gasteiger partial charge in [0.05, 0.1) is 6.04 Å². The smallest absolute Gasteiger partial charge is 0.252 e. The van der Waals surface area contributed by atoms with Gasteiger partial charge in [0.1, 0.15) is 12.0 Å². The first-order valence-electron chi connectivity index (χ1n) is 6.88. The van der Waals surface area contributed by atoms with E-state index in [1.54, 1.807) is 12.5 Å². The number of nitrogens with zero attached hydrogens (tertiary/aromatic N) is 3. The van der Waals surface area contributed by atoms with Crippen molar-refractivity contribution in [1.82, 2.24) is 19.9 Å². The minimum absolute atomic E-state index is 0.0150. The maximum Gasteiger partial charge on any atom is 0.252 e. The summed E-state index contributed by atoms with van der Waals surface area (Å²) in [4.78, 5) is 20.4. The van der Waals surface area contributed by atoms with E-state index in [1.807, 2.05) is 36.7 Å². The normalized spacial score (nSPS) is 17.0. The van der Waals surface area contributed by atoms with Crippen LogP contribution in [0.15, 0.2) is 36.9 Å². The molecule has 104 valence electrons. The van der Waals surface area contributed by atoms with Crippen LogP contribution in [0.5, 0.6) is 0 Å². The molecule has 0 saturated carbocycles. The van der Waals surface area contributed by atoms with Crippen LogP contribution in [0.3, 0.4) is 0 Å². The van der Waals surface area contributed by atoms with Crippen LogP contribution in [-0.2, 0) is 0 Å². The lowest BCUT2D eigenvalue weighted by molar-refractivity contribution is 0.0958. The number of aromatic nitrogens is 3. The Morgan fingerprint density at radius 1 is 1.33 bits per heavy atom. The van der Waals surface area contributed by atoms with Crippen LogP contribution < -0.4 is 5.32 Å². The molecule has 0 spiro atoms. The first kappa shape index (κ1) is 12.1. The van der Waals surface area contributed by atoms with E-state index in [0.717, 1.165) is 33.4 Å². The topological polar surface area (TPSA) is 59.8 Å². The van der Waals surface area contributed by atoms with Crippen LogP contribution in [0, 0.1) is 6.92 Å². The summed E-state index contributed by atoms with van der Waals surface area (Å²) in [6, 6.07) is 6.12. The van der Waals surface area contributed by atoms with Crippen molar-refractivity contribution < 1.29 is 4.79 Å². The van der Waals surface area contributed by atoms with Gasteiger partial charge in [-0.2, -0.15) is 0 Å². The summed E-state index contributed by atoms with van der Waals surface area (Å²) in [6.07, 6.45) is 5.33. The van der Waals surface area contributed by atoms with E-state index in [2.05, 4.69) is 21.4 Å². The summed E-state index contributed by atoms with van der Waals surface area (Å²) in [5.41, 5.74) is 4.72. The van der Waals surface area contributed by atoms with E-state index in [9.17, 15) is 4.79 Å². The Hall–Kier alpha value is -2.69. The van der Waals surface area contributed by atoms with Gasteiger partial charge in [-0.05, 0) is 43.2 Å². The highest BCUT2D eigenvalue weighted by molar-refractivity contribution is 6.00. The van der Waals surface area contributed by atoms with Gasteiger partial charge in [-0.3, -0.25) is 4.79 Å². The number of rotatable bonds is 1. The summed E-state index contributed by atoms with van der Waals surface area (Å²) >= 11 is 0. The molecule has 5 heteroatoms. The van der Waals surface area contributed by atoms with E-state index in [4.69, 9.17) is 0 Å². The van der Waals surface area contributed by atoms with Crippen molar-refractivity contribution in [2.45, 2.75) is 19.9 Å². The number of amides is 1. The highest BCUT2D eigenvalue weighted by atomic mass is 16.2. The lowest BCUT2D eigenvalue weighted by Gasteiger charge is -2.11. The van der Waals surface area contributed by atoms with Crippen LogP contribution in [0.25, 0.3) is 16.7 Å². The molecule has 3 aromatic rings. The molecule has 0 aliphatic carbocycles. The van der Waals surface area contributed by atoms with Crippen LogP contribution in [0.1, 0.15) is 34.5 Å². The fourth-order valence-electron chi connectivity index (χ4n) is 3.02. The Bertz CT molecular complexity index is 881. The summed E-state index contributed by atoms with van der Waals surface area (Å²) in [7, 11) is 0. The molecule has 1 N–H and O–H groups in total. The molecule has 1 aliphatic heterocycles. The van der Waals surface area contributed by atoms with Gasteiger partial charge in [0.15, 0.2) is 0 Å². The van der Waals surface area contributed by atoms with E-state index < -0.39 is 0 Å². The number of nitrogens with one attached hydrogen (secondary N) is 1. The molecular formula is C16H14N4O. The number of fused-ring (bicyclic) bond motifs is 2. The highest BCUT2D eigenvalue weighted by Gasteiger charge is 2.27. The molecule has 0 radical (unpaired) electrons. The monoisotopic (exact) mass is 278 g/mol. The molecular weight excluding hydrogens is 264 g/mol. The van der Waals surface area contributed by atoms with Crippen LogP contribution in [-0.4, -0.2) is 20.4 Å². The van der Waals surface area contributed by atoms with Crippen molar-refractivity contribution in [3.8, 4) is 5.69 Å². The Balaban J connectivity index is 1.97. The van der Waals surface area contributed by atoms with Crippen molar-refractivity contribution in [1.29, 1.82) is 0 Å². The van der Waals surface area contributed by atoms with E-state index in [0.29, 0.717) is 0 Å². The van der Waals surface area contributed by atoms with Gasteiger partial charge in [-0.1, -0.05) is 0 Å². The lowest BCUT2D eigenvalue weighted by atomic mass is 10.00. The van der Waals surface area contributed by atoms with E-state index >= 15 is 0 Å². The van der Waals surface area contributed by atoms with Crippen molar-refractivity contribution >= 4 is 16.9 Å². The van der Waals surface area contributed by atoms with Crippen LogP contribution in [0.2, 0.25) is 0 Å². The average Bonchev–Trinajstić information content (AvgIpc) is 3.01. The second kappa shape index (κ2) is 4.15. The molecule has 1 unspecified atom stereocenters. The second-order valence-electron chi connectivity index (χ2n) is 5.41. The molecule has 2 aromatic heterocycles. The fraction of sp³-hybridized carbons (Fsp3) is 0.188. The van der Waals surface area contributed by atoms with Gasteiger partial charge in [0.25, 0.3) is 5.91 Å². The predicted octanol–water partition coefficient (Wildman–Crippen LogP) is 2.53. The molecule has 0 saturated heterocycles. The fourth-order valence-corrected chi connectivity index (χ4v) is 3.02. The number of benzene rings is 1. The number of hydrogen-bond donors (Lipinski definition) is 1. The Morgan fingerprint density at radius 3 is 3.05 bits per heavy atom. The van der Waals surface area contributed by atoms with Crippen molar-refractivity contribution in [3.63, 3.8) is 0 Å². The van der Waals surface area contributed by atoms with Crippen LogP contribution >= 0.6 is 0 Å². The third kappa shape index (κ3) is 1.67. The maximum atomic E-state index is 12.0. The molecule has 0 bridgehead atoms. The maximum absolute atomic E-state index is 12.0. The summed E-state index contributed by atoms with van der Waals surface area (Å²) in [5, 5.41) is 3.96. The van der Waals surface area contributed by atoms with Gasteiger partial charge in [-0.25, -0.2) is 9.97 Å². The lowest BCUT2D eigenvalue weighted by Crippen LogP contribution is -2.16. The van der Waals surface area contributed by atoms with Gasteiger partial charge < -0.3 is 9.88 Å². The minimum Gasteiger partial charge on any atom is -0.345 e. The Labute approximate surface area is 121 Å². The number of hydrogen-bond acceptors (Lipinski definition) is 3. The van der Waals surface area contributed by atoms with Crippen molar-refractivity contribution in [2.24, 2.45) is 0 Å². The zero-order valence-electron chi connectivity index (χ0n) is 11.8. The Morgan fingerprint density at radius 2 is 2.19 bits per heavy atom. The van der Waals surface area contributed by atoms with Crippen molar-refractivity contribution in [2.75, 3.05) is 0 Å². The molecule has 3 heterocycles. The van der Waals surface area contributed by atoms with Gasteiger partial charge >= 0.3 is 0 Å². The molecule has 1 amide bonds. The molecule has 0 fully saturated rings. The third-order valence-electron chi connectivity index (χ3n) is 4.02. The second-order valence-corrected chi connectivity index (χ2v) is 5.41. The number of aryl methyl sites for hydroxylation is 1. The summed E-state index contributed by atoms with van der Waals surface area (Å²) in [5.74, 6) is 0.0150. The molecule has 1 aromatic carbocycles. The zero-order valence-corrected chi connectivity index (χ0v) is 11.8. The molecule has 1 aliphatic rings. The molecule has 4 rings (SSSR count). The quantitative estimate of drug-likeness (QED) is 0.744. The SMILES string of the molecule is Cc1cc(-n2ccc3cncnc32)cc2c1C(=O)NC2C. The van der Waals surface area contributed by atoms with Gasteiger partial charge in [-0.15, -0.1) is 0 Å². The predicted molar refractivity (Wildman–Crippen MR) is 79.5 cm³/mol. The van der Waals surface area contributed by atoms with Crippen molar-refractivity contribution in [3.05, 3.63) is 53.6 Å². The first-order valence-corrected chi connectivity index (χ1v) is 6.88. The Kier molecular flexibility index (Phi) is 2.39. The first-order chi connectivity index (χ1) is 10.1. The van der Waals surface area contributed by atoms with Crippen LogP contribution in [0.4, 0.5) is 0 Å². The third-order valence-corrected chi connectivity index (χ3v) is 4.02. The standard InChI is InChI=1S/C16H14N4O/c1-9-5-12(6-13-10(2)19-16(21)14(9)13)20-4-3-11-7-17-8-18-15(11)20/h3-8,10H,1-2H3,(H,19,21). The van der Waals surface area contributed by atoms with E-state index in [1.165, 1.54) is 0 Å². The highest BCUT2D eigenvalue weighted by Crippen LogP contribution is 2.31. The molecule has 21 heavy (non-hydrogen) atoms. The van der Waals surface area contributed by atoms with Gasteiger partial charge in [0.2, 0.25) is 0 Å². The van der Waals surface area contributed by atoms with Gasteiger partial charge in [0, 0.05) is 29.0 Å². The zero-order chi connectivity index (χ0) is 14.6. The minimum atomic E-state index is 0.0150. The summed E-state index contributed by atoms with van der Waals surface area (Å²) in [6.45, 7) is 3.98. The molecule has 5 nitrogen and oxygen atoms in total. The van der Waals surface area contributed by atoms with E-state index in [-0.39, 0.29) is 11.9 Å². The number of carbonyl (C=O) groups is 1. The average molecular weight is 278 g/mol. The number of carbonyl (C=O) groups excluding carboxylic acids is 1. The largest absolute Gasteiger partial charge is 0.345 e. The molecule has 1 atom stereocenters. The summed E-state index contributed by atoms with van der Waals surface area (Å²) < 4.78 is 2.03.